The summed E-state index contributed by atoms with van der Waals surface area (Å²) in [6.45, 7) is 12.9. The molecule has 10 heavy (non-hydrogen) atoms. The smallest absolute Gasteiger partial charge is 0.136 e. The van der Waals surface area contributed by atoms with Crippen LogP contribution >= 0.6 is 0 Å². The molecule has 0 aromatic heterocycles. The van der Waals surface area contributed by atoms with E-state index in [0.717, 1.165) is 5.57 Å². The fourth-order valence-corrected chi connectivity index (χ4v) is 0.321. The Morgan fingerprint density at radius 2 is 1.60 bits per heavy atom. The van der Waals surface area contributed by atoms with Gasteiger partial charge in [-0.3, -0.25) is 0 Å². The van der Waals surface area contributed by atoms with Crippen molar-refractivity contribution in [3.63, 3.8) is 0 Å². The quantitative estimate of drug-likeness (QED) is 0.334. The second-order valence-electron chi connectivity index (χ2n) is 1.87. The Morgan fingerprint density at radius 1 is 1.30 bits per heavy atom. The van der Waals surface area contributed by atoms with Crippen molar-refractivity contribution in [2.45, 2.75) is 13.8 Å². The largest absolute Gasteiger partial charge is 0.506 e. The molecule has 0 aliphatic heterocycles. The second-order valence-corrected chi connectivity index (χ2v) is 1.87. The monoisotopic (exact) mass is 141 g/mol. The van der Waals surface area contributed by atoms with Crippen LogP contribution in [0.15, 0.2) is 36.8 Å². The van der Waals surface area contributed by atoms with Crippen LogP contribution in [0, 0.1) is 0 Å². The Kier molecular flexibility index (Phi) is 6.90. The summed E-state index contributed by atoms with van der Waals surface area (Å²) in [5.41, 5.74) is 6.15. The zero-order chi connectivity index (χ0) is 8.73. The van der Waals surface area contributed by atoms with Gasteiger partial charge in [-0.05, 0) is 19.4 Å². The van der Waals surface area contributed by atoms with Crippen LogP contribution in [-0.4, -0.2) is 5.11 Å². The molecule has 58 valence electrons. The lowest BCUT2D eigenvalue weighted by atomic mass is 10.2. The van der Waals surface area contributed by atoms with Crippen LogP contribution in [0.2, 0.25) is 0 Å². The number of hydrogen-bond donors (Lipinski definition) is 2. The average Bonchev–Trinajstić information content (AvgIpc) is 1.90. The Labute approximate surface area is 62.4 Å². The minimum atomic E-state index is 0.102. The molecule has 0 bridgehead atoms. The highest BCUT2D eigenvalue weighted by atomic mass is 16.3. The summed E-state index contributed by atoms with van der Waals surface area (Å²) < 4.78 is 0. The van der Waals surface area contributed by atoms with Crippen LogP contribution in [-0.2, 0) is 0 Å². The Hall–Kier alpha value is -1.18. The maximum atomic E-state index is 8.86. The van der Waals surface area contributed by atoms with Gasteiger partial charge in [-0.2, -0.15) is 0 Å². The fourth-order valence-electron chi connectivity index (χ4n) is 0.321. The highest BCUT2D eigenvalue weighted by Gasteiger charge is 1.93. The standard InChI is InChI=1S/C6H11NO.C2H4/c1-4(2)6(8)5(3)7;1-2/h8H,3,7H2,1-2H3;1-2H2. The first-order valence-electron chi connectivity index (χ1n) is 2.87. The summed E-state index contributed by atoms with van der Waals surface area (Å²) in [5.74, 6) is 0.102. The number of hydrogen-bond acceptors (Lipinski definition) is 2. The lowest BCUT2D eigenvalue weighted by molar-refractivity contribution is 0.415. The first-order chi connectivity index (χ1) is 4.55. The molecule has 0 aliphatic carbocycles. The van der Waals surface area contributed by atoms with Gasteiger partial charge in [0.2, 0.25) is 0 Å². The topological polar surface area (TPSA) is 46.2 Å². The van der Waals surface area contributed by atoms with E-state index >= 15 is 0 Å². The van der Waals surface area contributed by atoms with E-state index in [1.807, 2.05) is 0 Å². The van der Waals surface area contributed by atoms with E-state index in [1.165, 1.54) is 0 Å². The SMILES string of the molecule is C=C.C=C(N)C(O)=C(C)C. The molecule has 2 nitrogen and oxygen atoms in total. The van der Waals surface area contributed by atoms with Gasteiger partial charge in [-0.25, -0.2) is 0 Å². The van der Waals surface area contributed by atoms with Gasteiger partial charge in [0.1, 0.15) is 5.76 Å². The maximum Gasteiger partial charge on any atom is 0.136 e. The normalized spacial score (nSPS) is 7.00. The van der Waals surface area contributed by atoms with Crippen molar-refractivity contribution >= 4 is 0 Å². The van der Waals surface area contributed by atoms with Crippen LogP contribution in [0.1, 0.15) is 13.8 Å². The van der Waals surface area contributed by atoms with Gasteiger partial charge in [0.05, 0.1) is 5.70 Å². The molecule has 0 aliphatic rings. The lowest BCUT2D eigenvalue weighted by Gasteiger charge is -1.97. The molecular formula is C8H15NO. The fraction of sp³-hybridized carbons (Fsp3) is 0.250. The molecule has 0 amide bonds. The Bertz CT molecular complexity index is 143. The van der Waals surface area contributed by atoms with E-state index in [-0.39, 0.29) is 11.5 Å². The minimum absolute atomic E-state index is 0.102. The van der Waals surface area contributed by atoms with Gasteiger partial charge in [-0.1, -0.05) is 6.58 Å². The number of aliphatic hydroxyl groups is 1. The summed E-state index contributed by atoms with van der Waals surface area (Å²) in [6, 6.07) is 0. The van der Waals surface area contributed by atoms with Crippen molar-refractivity contribution in [3.05, 3.63) is 36.8 Å². The zero-order valence-corrected chi connectivity index (χ0v) is 6.65. The number of aliphatic hydroxyl groups excluding tert-OH is 1. The van der Waals surface area contributed by atoms with Gasteiger partial charge >= 0.3 is 0 Å². The van der Waals surface area contributed by atoms with Gasteiger partial charge in [0.25, 0.3) is 0 Å². The first-order valence-corrected chi connectivity index (χ1v) is 2.87. The van der Waals surface area contributed by atoms with E-state index in [4.69, 9.17) is 10.8 Å². The van der Waals surface area contributed by atoms with Gasteiger partial charge in [0, 0.05) is 0 Å². The molecule has 0 saturated carbocycles. The average molecular weight is 141 g/mol. The summed E-state index contributed by atoms with van der Waals surface area (Å²) >= 11 is 0. The van der Waals surface area contributed by atoms with Crippen LogP contribution in [0.3, 0.4) is 0 Å². The van der Waals surface area contributed by atoms with Crippen molar-refractivity contribution in [1.82, 2.24) is 0 Å². The van der Waals surface area contributed by atoms with E-state index < -0.39 is 0 Å². The minimum Gasteiger partial charge on any atom is -0.506 e. The predicted octanol–water partition coefficient (Wildman–Crippen LogP) is 2.11. The summed E-state index contributed by atoms with van der Waals surface area (Å²) in [7, 11) is 0. The third kappa shape index (κ3) is 4.97. The van der Waals surface area contributed by atoms with Crippen molar-refractivity contribution in [2.75, 3.05) is 0 Å². The van der Waals surface area contributed by atoms with Crippen LogP contribution in [0.5, 0.6) is 0 Å². The third-order valence-corrected chi connectivity index (χ3v) is 0.778. The van der Waals surface area contributed by atoms with E-state index in [2.05, 4.69) is 19.7 Å². The van der Waals surface area contributed by atoms with Gasteiger partial charge < -0.3 is 10.8 Å². The summed E-state index contributed by atoms with van der Waals surface area (Å²) in [4.78, 5) is 0. The molecule has 0 heterocycles. The van der Waals surface area contributed by atoms with Crippen molar-refractivity contribution in [2.24, 2.45) is 5.73 Å². The molecule has 0 fully saturated rings. The maximum absolute atomic E-state index is 8.86. The van der Waals surface area contributed by atoms with Crippen LogP contribution in [0.4, 0.5) is 0 Å². The molecule has 2 heteroatoms. The van der Waals surface area contributed by atoms with Crippen molar-refractivity contribution < 1.29 is 5.11 Å². The highest BCUT2D eigenvalue weighted by Crippen LogP contribution is 2.02. The second kappa shape index (κ2) is 5.95. The molecule has 0 unspecified atom stereocenters. The first kappa shape index (κ1) is 11.6. The number of allylic oxidation sites excluding steroid dienone is 1. The van der Waals surface area contributed by atoms with Crippen LogP contribution < -0.4 is 5.73 Å². The van der Waals surface area contributed by atoms with E-state index in [1.54, 1.807) is 13.8 Å². The lowest BCUT2D eigenvalue weighted by Crippen LogP contribution is -1.99. The molecule has 0 spiro atoms. The molecule has 0 rings (SSSR count). The molecule has 0 aromatic rings. The predicted molar refractivity (Wildman–Crippen MR) is 45.6 cm³/mol. The molecular weight excluding hydrogens is 126 g/mol. The molecule has 0 radical (unpaired) electrons. The molecule has 0 atom stereocenters. The number of nitrogens with two attached hydrogens (primary N) is 1. The van der Waals surface area contributed by atoms with Crippen molar-refractivity contribution in [1.29, 1.82) is 0 Å². The highest BCUT2D eigenvalue weighted by molar-refractivity contribution is 5.21. The van der Waals surface area contributed by atoms with Crippen molar-refractivity contribution in [3.8, 4) is 0 Å². The molecule has 0 aromatic carbocycles. The molecule has 3 N–H and O–H groups in total. The Balaban J connectivity index is 0. The van der Waals surface area contributed by atoms with E-state index in [9.17, 15) is 0 Å². The van der Waals surface area contributed by atoms with E-state index in [0.29, 0.717) is 0 Å². The van der Waals surface area contributed by atoms with Crippen LogP contribution in [0.25, 0.3) is 0 Å². The van der Waals surface area contributed by atoms with Gasteiger partial charge in [-0.15, -0.1) is 13.2 Å². The number of rotatable bonds is 1. The third-order valence-electron chi connectivity index (χ3n) is 0.778. The molecule has 0 saturated heterocycles. The summed E-state index contributed by atoms with van der Waals surface area (Å²) in [5, 5.41) is 8.86. The summed E-state index contributed by atoms with van der Waals surface area (Å²) in [6.07, 6.45) is 0. The zero-order valence-electron chi connectivity index (χ0n) is 6.65. The Morgan fingerprint density at radius 3 is 1.60 bits per heavy atom. The van der Waals surface area contributed by atoms with Gasteiger partial charge in [0.15, 0.2) is 0 Å².